The Kier molecular flexibility index (Phi) is 5.49. The number of hydrogen-bond acceptors (Lipinski definition) is 2. The van der Waals surface area contributed by atoms with Gasteiger partial charge in [0.25, 0.3) is 0 Å². The second-order valence-electron chi connectivity index (χ2n) is 9.49. The Morgan fingerprint density at radius 3 is 1.61 bits per heavy atom. The molecule has 0 amide bonds. The Labute approximate surface area is 221 Å². The number of aromatic nitrogens is 2. The average molecular weight is 485 g/mol. The van der Waals surface area contributed by atoms with Crippen molar-refractivity contribution in [3.63, 3.8) is 0 Å². The predicted octanol–water partition coefficient (Wildman–Crippen LogP) is 9.45. The lowest BCUT2D eigenvalue weighted by molar-refractivity contribution is 1.18. The summed E-state index contributed by atoms with van der Waals surface area (Å²) < 4.78 is 0. The van der Waals surface area contributed by atoms with E-state index >= 15 is 0 Å². The van der Waals surface area contributed by atoms with Crippen molar-refractivity contribution < 1.29 is 0 Å². The van der Waals surface area contributed by atoms with Gasteiger partial charge in [0.1, 0.15) is 0 Å². The van der Waals surface area contributed by atoms with Gasteiger partial charge in [0, 0.05) is 16.7 Å². The maximum Gasteiger partial charge on any atom is 0.160 e. The zero-order chi connectivity index (χ0) is 25.3. The van der Waals surface area contributed by atoms with Crippen LogP contribution in [0.25, 0.3) is 66.6 Å². The highest BCUT2D eigenvalue weighted by atomic mass is 14.9. The van der Waals surface area contributed by atoms with Crippen molar-refractivity contribution in [2.45, 2.75) is 0 Å². The molecule has 2 nitrogen and oxygen atoms in total. The topological polar surface area (TPSA) is 25.8 Å². The molecule has 1 aromatic heterocycles. The first-order valence-corrected chi connectivity index (χ1v) is 12.8. The van der Waals surface area contributed by atoms with Gasteiger partial charge in [-0.15, -0.1) is 0 Å². The summed E-state index contributed by atoms with van der Waals surface area (Å²) in [7, 11) is 0. The SMILES string of the molecule is c1ccc(-c2ccc(-c3cc(-c4ccc5c(ccc6ccccc65)c4)nc(-c4ccccc4)n3)cc2)cc1. The van der Waals surface area contributed by atoms with E-state index in [9.17, 15) is 0 Å². The van der Waals surface area contributed by atoms with Crippen molar-refractivity contribution in [1.82, 2.24) is 9.97 Å². The second kappa shape index (κ2) is 9.42. The zero-order valence-corrected chi connectivity index (χ0v) is 20.8. The third kappa shape index (κ3) is 4.12. The highest BCUT2D eigenvalue weighted by Gasteiger charge is 2.12. The van der Waals surface area contributed by atoms with Crippen molar-refractivity contribution in [2.24, 2.45) is 0 Å². The molecule has 7 rings (SSSR count). The largest absolute Gasteiger partial charge is 0.228 e. The van der Waals surface area contributed by atoms with Crippen LogP contribution in [-0.2, 0) is 0 Å². The maximum absolute atomic E-state index is 5.02. The molecule has 38 heavy (non-hydrogen) atoms. The Balaban J connectivity index is 1.36. The van der Waals surface area contributed by atoms with Crippen molar-refractivity contribution in [3.05, 3.63) is 146 Å². The zero-order valence-electron chi connectivity index (χ0n) is 20.8. The van der Waals surface area contributed by atoms with Crippen LogP contribution in [0, 0.1) is 0 Å². The average Bonchev–Trinajstić information content (AvgIpc) is 3.01. The molecule has 178 valence electrons. The van der Waals surface area contributed by atoms with Gasteiger partial charge in [0.2, 0.25) is 0 Å². The first kappa shape index (κ1) is 22.1. The molecule has 0 N–H and O–H groups in total. The number of nitrogens with zero attached hydrogens (tertiary/aromatic N) is 2. The summed E-state index contributed by atoms with van der Waals surface area (Å²) in [6.07, 6.45) is 0. The third-order valence-corrected chi connectivity index (χ3v) is 7.09. The third-order valence-electron chi connectivity index (χ3n) is 7.09. The fourth-order valence-electron chi connectivity index (χ4n) is 5.10. The normalized spacial score (nSPS) is 11.2. The minimum Gasteiger partial charge on any atom is -0.228 e. The Morgan fingerprint density at radius 2 is 0.842 bits per heavy atom. The van der Waals surface area contributed by atoms with Crippen LogP contribution in [0.4, 0.5) is 0 Å². The summed E-state index contributed by atoms with van der Waals surface area (Å²) in [6, 6.07) is 50.9. The fraction of sp³-hybridized carbons (Fsp3) is 0. The molecule has 2 heteroatoms. The van der Waals surface area contributed by atoms with Crippen LogP contribution < -0.4 is 0 Å². The molecule has 0 radical (unpaired) electrons. The fourth-order valence-corrected chi connectivity index (χ4v) is 5.10. The highest BCUT2D eigenvalue weighted by molar-refractivity contribution is 6.08. The molecule has 0 bridgehead atoms. The maximum atomic E-state index is 5.02. The molecule has 0 fully saturated rings. The molecule has 0 aliphatic rings. The van der Waals surface area contributed by atoms with Gasteiger partial charge < -0.3 is 0 Å². The molecular weight excluding hydrogens is 460 g/mol. The molecule has 6 aromatic carbocycles. The van der Waals surface area contributed by atoms with Gasteiger partial charge in [0.15, 0.2) is 5.82 Å². The van der Waals surface area contributed by atoms with Crippen LogP contribution in [0.2, 0.25) is 0 Å². The molecule has 1 heterocycles. The molecule has 0 unspecified atom stereocenters. The Morgan fingerprint density at radius 1 is 0.316 bits per heavy atom. The van der Waals surface area contributed by atoms with Gasteiger partial charge in [-0.2, -0.15) is 0 Å². The molecule has 0 aliphatic heterocycles. The lowest BCUT2D eigenvalue weighted by Crippen LogP contribution is -1.96. The summed E-state index contributed by atoms with van der Waals surface area (Å²) in [5.74, 6) is 0.726. The molecule has 0 saturated carbocycles. The number of benzene rings is 6. The van der Waals surface area contributed by atoms with E-state index in [0.29, 0.717) is 0 Å². The van der Waals surface area contributed by atoms with Crippen molar-refractivity contribution in [1.29, 1.82) is 0 Å². The van der Waals surface area contributed by atoms with E-state index in [-0.39, 0.29) is 0 Å². The van der Waals surface area contributed by atoms with E-state index in [2.05, 4.69) is 121 Å². The van der Waals surface area contributed by atoms with Crippen LogP contribution in [0.1, 0.15) is 0 Å². The lowest BCUT2D eigenvalue weighted by atomic mass is 9.98. The first-order valence-electron chi connectivity index (χ1n) is 12.8. The van der Waals surface area contributed by atoms with E-state index in [4.69, 9.17) is 9.97 Å². The van der Waals surface area contributed by atoms with Gasteiger partial charge in [-0.1, -0.05) is 133 Å². The number of rotatable bonds is 4. The predicted molar refractivity (Wildman–Crippen MR) is 159 cm³/mol. The molecular formula is C36H24N2. The van der Waals surface area contributed by atoms with E-state index in [1.165, 1.54) is 32.7 Å². The molecule has 0 atom stereocenters. The summed E-state index contributed by atoms with van der Waals surface area (Å²) in [6.45, 7) is 0. The van der Waals surface area contributed by atoms with E-state index < -0.39 is 0 Å². The van der Waals surface area contributed by atoms with Gasteiger partial charge in [-0.25, -0.2) is 9.97 Å². The van der Waals surface area contributed by atoms with Crippen LogP contribution in [0.15, 0.2) is 146 Å². The van der Waals surface area contributed by atoms with Gasteiger partial charge in [0.05, 0.1) is 11.4 Å². The van der Waals surface area contributed by atoms with Crippen LogP contribution in [0.5, 0.6) is 0 Å². The lowest BCUT2D eigenvalue weighted by Gasteiger charge is -2.11. The minimum atomic E-state index is 0.726. The second-order valence-corrected chi connectivity index (χ2v) is 9.49. The Hall–Kier alpha value is -5.08. The van der Waals surface area contributed by atoms with Crippen LogP contribution >= 0.6 is 0 Å². The molecule has 0 spiro atoms. The molecule has 7 aromatic rings. The van der Waals surface area contributed by atoms with Gasteiger partial charge >= 0.3 is 0 Å². The Bertz CT molecular complexity index is 1890. The quantitative estimate of drug-likeness (QED) is 0.233. The summed E-state index contributed by atoms with van der Waals surface area (Å²) in [5, 5.41) is 4.97. The smallest absolute Gasteiger partial charge is 0.160 e. The van der Waals surface area contributed by atoms with Crippen molar-refractivity contribution in [3.8, 4) is 45.0 Å². The number of fused-ring (bicyclic) bond motifs is 3. The molecule has 0 aliphatic carbocycles. The summed E-state index contributed by atoms with van der Waals surface area (Å²) in [5.41, 5.74) is 7.36. The summed E-state index contributed by atoms with van der Waals surface area (Å²) in [4.78, 5) is 10.0. The van der Waals surface area contributed by atoms with Crippen LogP contribution in [0.3, 0.4) is 0 Å². The monoisotopic (exact) mass is 484 g/mol. The number of hydrogen-bond donors (Lipinski definition) is 0. The van der Waals surface area contributed by atoms with Crippen molar-refractivity contribution in [2.75, 3.05) is 0 Å². The van der Waals surface area contributed by atoms with Gasteiger partial charge in [-0.05, 0) is 44.8 Å². The summed E-state index contributed by atoms with van der Waals surface area (Å²) >= 11 is 0. The van der Waals surface area contributed by atoms with E-state index in [0.717, 1.165) is 33.9 Å². The first-order chi connectivity index (χ1) is 18.8. The standard InChI is InChI=1S/C36H24N2/c1-3-9-25(10-4-1)26-15-18-28(19-16-26)34-24-35(38-36(37-34)29-12-5-2-6-13-29)31-21-22-33-30(23-31)20-17-27-11-7-8-14-32(27)33/h1-24H. The van der Waals surface area contributed by atoms with Crippen molar-refractivity contribution >= 4 is 21.5 Å². The van der Waals surface area contributed by atoms with Gasteiger partial charge in [-0.3, -0.25) is 0 Å². The van der Waals surface area contributed by atoms with E-state index in [1.807, 2.05) is 24.3 Å². The molecule has 0 saturated heterocycles. The van der Waals surface area contributed by atoms with Crippen LogP contribution in [-0.4, -0.2) is 9.97 Å². The minimum absolute atomic E-state index is 0.726. The van der Waals surface area contributed by atoms with E-state index in [1.54, 1.807) is 0 Å². The highest BCUT2D eigenvalue weighted by Crippen LogP contribution is 2.32.